The van der Waals surface area contributed by atoms with Gasteiger partial charge in [0.25, 0.3) is 0 Å². The first kappa shape index (κ1) is 7.32. The highest BCUT2D eigenvalue weighted by Crippen LogP contribution is 2.05. The predicted molar refractivity (Wildman–Crippen MR) is 40.6 cm³/mol. The van der Waals surface area contributed by atoms with Crippen LogP contribution in [0.25, 0.3) is 0 Å². The quantitative estimate of drug-likeness (QED) is 0.626. The maximum absolute atomic E-state index is 10.6. The van der Waals surface area contributed by atoms with Crippen molar-refractivity contribution in [1.82, 2.24) is 5.32 Å². The molecule has 10 heavy (non-hydrogen) atoms. The SMILES string of the molecule is CCCCC1C=CC(=O)N1. The van der Waals surface area contributed by atoms with Crippen LogP contribution in [-0.2, 0) is 4.79 Å². The van der Waals surface area contributed by atoms with Crippen LogP contribution in [0.4, 0.5) is 0 Å². The smallest absolute Gasteiger partial charge is 0.244 e. The van der Waals surface area contributed by atoms with Crippen LogP contribution in [0.5, 0.6) is 0 Å². The molecule has 0 aromatic carbocycles. The Kier molecular flexibility index (Phi) is 2.49. The first-order valence-corrected chi connectivity index (χ1v) is 3.81. The molecule has 0 aliphatic carbocycles. The van der Waals surface area contributed by atoms with Gasteiger partial charge in [-0.25, -0.2) is 0 Å². The molecular formula is C8H13NO. The molecule has 0 bridgehead atoms. The van der Waals surface area contributed by atoms with Crippen molar-refractivity contribution >= 4 is 5.91 Å². The minimum absolute atomic E-state index is 0.0566. The summed E-state index contributed by atoms with van der Waals surface area (Å²) in [4.78, 5) is 10.6. The summed E-state index contributed by atoms with van der Waals surface area (Å²) in [6.07, 6.45) is 7.02. The van der Waals surface area contributed by atoms with Crippen molar-refractivity contribution in [3.63, 3.8) is 0 Å². The number of unbranched alkanes of at least 4 members (excludes halogenated alkanes) is 1. The van der Waals surface area contributed by atoms with E-state index in [1.807, 2.05) is 6.08 Å². The predicted octanol–water partition coefficient (Wildman–Crippen LogP) is 1.23. The molecule has 56 valence electrons. The van der Waals surface area contributed by atoms with Gasteiger partial charge in [-0.3, -0.25) is 4.79 Å². The summed E-state index contributed by atoms with van der Waals surface area (Å²) in [7, 11) is 0. The Balaban J connectivity index is 2.20. The molecule has 0 aromatic heterocycles. The lowest BCUT2D eigenvalue weighted by molar-refractivity contribution is -0.116. The van der Waals surface area contributed by atoms with Crippen molar-refractivity contribution in [2.45, 2.75) is 32.2 Å². The average molecular weight is 139 g/mol. The van der Waals surface area contributed by atoms with Gasteiger partial charge in [0.2, 0.25) is 5.91 Å². The number of nitrogens with one attached hydrogen (secondary N) is 1. The van der Waals surface area contributed by atoms with E-state index in [1.54, 1.807) is 6.08 Å². The monoisotopic (exact) mass is 139 g/mol. The number of carbonyl (C=O) groups excluding carboxylic acids is 1. The number of rotatable bonds is 3. The van der Waals surface area contributed by atoms with Crippen molar-refractivity contribution in [2.75, 3.05) is 0 Å². The summed E-state index contributed by atoms with van der Waals surface area (Å²) in [5.41, 5.74) is 0. The average Bonchev–Trinajstić information content (AvgIpc) is 2.31. The largest absolute Gasteiger partial charge is 0.346 e. The molecule has 1 rings (SSSR count). The first-order valence-electron chi connectivity index (χ1n) is 3.81. The van der Waals surface area contributed by atoms with Crippen molar-refractivity contribution in [3.8, 4) is 0 Å². The van der Waals surface area contributed by atoms with Crippen molar-refractivity contribution in [3.05, 3.63) is 12.2 Å². The third-order valence-corrected chi connectivity index (χ3v) is 1.68. The molecule has 1 heterocycles. The molecule has 1 aliphatic heterocycles. The second kappa shape index (κ2) is 3.40. The van der Waals surface area contributed by atoms with E-state index in [2.05, 4.69) is 12.2 Å². The van der Waals surface area contributed by atoms with E-state index in [0.29, 0.717) is 6.04 Å². The van der Waals surface area contributed by atoms with Crippen LogP contribution >= 0.6 is 0 Å². The fourth-order valence-corrected chi connectivity index (χ4v) is 1.07. The third kappa shape index (κ3) is 1.87. The molecule has 1 amide bonds. The highest BCUT2D eigenvalue weighted by Gasteiger charge is 2.11. The number of amides is 1. The fraction of sp³-hybridized carbons (Fsp3) is 0.625. The van der Waals surface area contributed by atoms with E-state index in [9.17, 15) is 4.79 Å². The molecule has 1 aliphatic rings. The molecule has 0 spiro atoms. The molecule has 1 atom stereocenters. The Labute approximate surface area is 61.3 Å². The molecule has 1 N–H and O–H groups in total. The summed E-state index contributed by atoms with van der Waals surface area (Å²) >= 11 is 0. The lowest BCUT2D eigenvalue weighted by atomic mass is 10.1. The molecule has 0 radical (unpaired) electrons. The second-order valence-electron chi connectivity index (χ2n) is 2.62. The first-order chi connectivity index (χ1) is 4.83. The van der Waals surface area contributed by atoms with Crippen LogP contribution in [0.15, 0.2) is 12.2 Å². The van der Waals surface area contributed by atoms with Crippen LogP contribution < -0.4 is 5.32 Å². The van der Waals surface area contributed by atoms with Crippen molar-refractivity contribution in [2.24, 2.45) is 0 Å². The van der Waals surface area contributed by atoms with Gasteiger partial charge in [0.1, 0.15) is 0 Å². The lowest BCUT2D eigenvalue weighted by Crippen LogP contribution is -2.25. The normalized spacial score (nSPS) is 23.3. The van der Waals surface area contributed by atoms with Crippen molar-refractivity contribution in [1.29, 1.82) is 0 Å². The molecule has 0 saturated heterocycles. The third-order valence-electron chi connectivity index (χ3n) is 1.68. The van der Waals surface area contributed by atoms with Gasteiger partial charge in [0.15, 0.2) is 0 Å². The lowest BCUT2D eigenvalue weighted by Gasteiger charge is -2.06. The summed E-state index contributed by atoms with van der Waals surface area (Å²) in [6.45, 7) is 2.15. The Morgan fingerprint density at radius 2 is 2.50 bits per heavy atom. The van der Waals surface area contributed by atoms with E-state index in [1.165, 1.54) is 12.8 Å². The second-order valence-corrected chi connectivity index (χ2v) is 2.62. The minimum atomic E-state index is 0.0566. The highest BCUT2D eigenvalue weighted by atomic mass is 16.1. The Morgan fingerprint density at radius 1 is 1.70 bits per heavy atom. The van der Waals surface area contributed by atoms with E-state index >= 15 is 0 Å². The molecular weight excluding hydrogens is 126 g/mol. The summed E-state index contributed by atoms with van der Waals surface area (Å²) < 4.78 is 0. The molecule has 1 unspecified atom stereocenters. The van der Waals surface area contributed by atoms with Gasteiger partial charge in [-0.05, 0) is 6.42 Å². The van der Waals surface area contributed by atoms with Gasteiger partial charge in [0, 0.05) is 12.1 Å². The maximum atomic E-state index is 10.6. The van der Waals surface area contributed by atoms with Crippen molar-refractivity contribution < 1.29 is 4.79 Å². The Morgan fingerprint density at radius 3 is 3.00 bits per heavy atom. The number of hydrogen-bond acceptors (Lipinski definition) is 1. The maximum Gasteiger partial charge on any atom is 0.244 e. The van der Waals surface area contributed by atoms with Crippen LogP contribution in [0.2, 0.25) is 0 Å². The molecule has 0 fully saturated rings. The zero-order valence-electron chi connectivity index (χ0n) is 6.26. The van der Waals surface area contributed by atoms with Crippen LogP contribution in [-0.4, -0.2) is 11.9 Å². The highest BCUT2D eigenvalue weighted by molar-refractivity contribution is 5.90. The summed E-state index contributed by atoms with van der Waals surface area (Å²) in [6, 6.07) is 0.312. The standard InChI is InChI=1S/C8H13NO/c1-2-3-4-7-5-6-8(10)9-7/h5-7H,2-4H2,1H3,(H,9,10). The van der Waals surface area contributed by atoms with E-state index < -0.39 is 0 Å². The zero-order valence-corrected chi connectivity index (χ0v) is 6.26. The van der Waals surface area contributed by atoms with Gasteiger partial charge in [-0.1, -0.05) is 25.8 Å². The number of hydrogen-bond donors (Lipinski definition) is 1. The topological polar surface area (TPSA) is 29.1 Å². The van der Waals surface area contributed by atoms with E-state index in [0.717, 1.165) is 6.42 Å². The Bertz CT molecular complexity index is 151. The molecule has 0 saturated carbocycles. The summed E-state index contributed by atoms with van der Waals surface area (Å²) in [5, 5.41) is 2.84. The molecule has 2 heteroatoms. The van der Waals surface area contributed by atoms with Crippen LogP contribution in [0, 0.1) is 0 Å². The van der Waals surface area contributed by atoms with Gasteiger partial charge in [0.05, 0.1) is 0 Å². The fourth-order valence-electron chi connectivity index (χ4n) is 1.07. The van der Waals surface area contributed by atoms with Gasteiger partial charge < -0.3 is 5.32 Å². The van der Waals surface area contributed by atoms with E-state index in [4.69, 9.17) is 0 Å². The molecule has 2 nitrogen and oxygen atoms in total. The van der Waals surface area contributed by atoms with Gasteiger partial charge in [-0.15, -0.1) is 0 Å². The summed E-state index contributed by atoms with van der Waals surface area (Å²) in [5.74, 6) is 0.0566. The molecule has 0 aromatic rings. The zero-order chi connectivity index (χ0) is 7.40. The number of carbonyl (C=O) groups is 1. The van der Waals surface area contributed by atoms with E-state index in [-0.39, 0.29) is 5.91 Å². The van der Waals surface area contributed by atoms with Crippen LogP contribution in [0.3, 0.4) is 0 Å². The Hall–Kier alpha value is -0.790. The van der Waals surface area contributed by atoms with Crippen LogP contribution in [0.1, 0.15) is 26.2 Å². The van der Waals surface area contributed by atoms with Gasteiger partial charge >= 0.3 is 0 Å². The minimum Gasteiger partial charge on any atom is -0.346 e. The van der Waals surface area contributed by atoms with Gasteiger partial charge in [-0.2, -0.15) is 0 Å².